The number of guanidine groups is 1. The molecule has 0 unspecified atom stereocenters. The molecule has 1 aromatic heterocycles. The third kappa shape index (κ3) is 6.31. The molecule has 0 aliphatic carbocycles. The molecule has 0 amide bonds. The maximum Gasteiger partial charge on any atom is 0.196 e. The molecule has 2 aromatic rings. The van der Waals surface area contributed by atoms with Crippen molar-refractivity contribution in [1.82, 2.24) is 10.3 Å². The number of hydrogen-bond donors (Lipinski definition) is 3. The first-order chi connectivity index (χ1) is 11.6. The highest BCUT2D eigenvalue weighted by molar-refractivity contribution is 7.80. The van der Waals surface area contributed by atoms with Crippen molar-refractivity contribution in [3.8, 4) is 0 Å². The number of rotatable bonds is 7. The number of aromatic nitrogens is 1. The Kier molecular flexibility index (Phi) is 7.13. The number of pyridine rings is 1. The van der Waals surface area contributed by atoms with Gasteiger partial charge in [0.25, 0.3) is 0 Å². The smallest absolute Gasteiger partial charge is 0.196 e. The van der Waals surface area contributed by atoms with Crippen LogP contribution < -0.4 is 16.8 Å². The normalized spacial score (nSPS) is 10.2. The number of nitrogens with zero attached hydrogens (tertiary/aromatic N) is 2. The highest BCUT2D eigenvalue weighted by Crippen LogP contribution is 2.14. The molecular formula is C17H21N5OS. The largest absolute Gasteiger partial charge is 0.375 e. The zero-order chi connectivity index (χ0) is 17.2. The van der Waals surface area contributed by atoms with Crippen LogP contribution in [0.4, 0.5) is 0 Å². The van der Waals surface area contributed by atoms with Gasteiger partial charge in [-0.05, 0) is 35.5 Å². The molecule has 0 radical (unpaired) electrons. The monoisotopic (exact) mass is 343 g/mol. The molecule has 1 aromatic carbocycles. The number of thiocarbonyl (C=S) groups is 1. The second kappa shape index (κ2) is 9.59. The number of nitrogens with two attached hydrogens (primary N) is 2. The molecule has 0 bridgehead atoms. The van der Waals surface area contributed by atoms with Gasteiger partial charge in [0.15, 0.2) is 11.1 Å². The molecule has 0 saturated carbocycles. The van der Waals surface area contributed by atoms with Gasteiger partial charge in [-0.15, -0.1) is 0 Å². The topological polar surface area (TPSA) is 98.6 Å². The van der Waals surface area contributed by atoms with E-state index in [1.165, 1.54) is 5.56 Å². The van der Waals surface area contributed by atoms with E-state index in [1.807, 2.05) is 30.3 Å². The molecule has 7 heteroatoms. The molecule has 6 nitrogen and oxygen atoms in total. The van der Waals surface area contributed by atoms with Crippen LogP contribution in [-0.2, 0) is 17.8 Å². The maximum atomic E-state index is 5.70. The molecule has 24 heavy (non-hydrogen) atoms. The van der Waals surface area contributed by atoms with Gasteiger partial charge in [0.1, 0.15) is 0 Å². The molecule has 0 aliphatic heterocycles. The Balaban J connectivity index is 1.81. The Bertz CT molecular complexity index is 686. The van der Waals surface area contributed by atoms with Crippen molar-refractivity contribution >= 4 is 23.3 Å². The Hall–Kier alpha value is -2.51. The summed E-state index contributed by atoms with van der Waals surface area (Å²) in [6.45, 7) is 1.57. The average molecular weight is 343 g/mol. The van der Waals surface area contributed by atoms with Gasteiger partial charge >= 0.3 is 0 Å². The molecule has 1 heterocycles. The maximum absolute atomic E-state index is 5.70. The summed E-state index contributed by atoms with van der Waals surface area (Å²) in [5.74, 6) is -0.0585. The first-order valence-electron chi connectivity index (χ1n) is 7.57. The predicted molar refractivity (Wildman–Crippen MR) is 99.6 cm³/mol. The van der Waals surface area contributed by atoms with Crippen LogP contribution >= 0.6 is 12.2 Å². The number of benzene rings is 1. The lowest BCUT2D eigenvalue weighted by molar-refractivity contribution is 0.125. The van der Waals surface area contributed by atoms with Crippen molar-refractivity contribution < 1.29 is 4.74 Å². The molecule has 2 rings (SSSR count). The Morgan fingerprint density at radius 3 is 2.58 bits per heavy atom. The zero-order valence-corrected chi connectivity index (χ0v) is 14.1. The molecular weight excluding hydrogens is 322 g/mol. The van der Waals surface area contributed by atoms with Crippen LogP contribution in [0, 0.1) is 0 Å². The van der Waals surface area contributed by atoms with Gasteiger partial charge < -0.3 is 21.5 Å². The molecule has 0 saturated heterocycles. The van der Waals surface area contributed by atoms with Crippen molar-refractivity contribution in [2.75, 3.05) is 13.2 Å². The van der Waals surface area contributed by atoms with E-state index in [-0.39, 0.29) is 11.1 Å². The highest BCUT2D eigenvalue weighted by Gasteiger charge is 2.04. The second-order valence-electron chi connectivity index (χ2n) is 5.09. The summed E-state index contributed by atoms with van der Waals surface area (Å²) in [7, 11) is 0. The predicted octanol–water partition coefficient (Wildman–Crippen LogP) is 1.34. The standard InChI is InChI=1S/C17H21N5OS/c18-16(19)22-17(24)21-9-10-23-12-14-6-2-1-5-13(14)11-15-7-3-4-8-20-15/h1-8H,9-12H2,(H5,18,19,21,22,24). The number of aliphatic imine (C=N–C) groups is 1. The first kappa shape index (κ1) is 17.8. The van der Waals surface area contributed by atoms with Gasteiger partial charge in [-0.2, -0.15) is 4.99 Å². The van der Waals surface area contributed by atoms with Crippen LogP contribution in [0.15, 0.2) is 53.7 Å². The lowest BCUT2D eigenvalue weighted by Gasteiger charge is -2.10. The summed E-state index contributed by atoms with van der Waals surface area (Å²) in [4.78, 5) is 8.09. The number of ether oxygens (including phenoxy) is 1. The third-order valence-corrected chi connectivity index (χ3v) is 3.46. The third-order valence-electron chi connectivity index (χ3n) is 3.23. The van der Waals surface area contributed by atoms with Crippen LogP contribution in [0.3, 0.4) is 0 Å². The van der Waals surface area contributed by atoms with Gasteiger partial charge in [0.05, 0.1) is 13.2 Å². The molecule has 0 fully saturated rings. The average Bonchev–Trinajstić information content (AvgIpc) is 2.56. The Morgan fingerprint density at radius 2 is 1.88 bits per heavy atom. The van der Waals surface area contributed by atoms with E-state index in [0.717, 1.165) is 17.7 Å². The van der Waals surface area contributed by atoms with Gasteiger partial charge in [0, 0.05) is 24.9 Å². The number of nitrogens with one attached hydrogen (secondary N) is 1. The van der Waals surface area contributed by atoms with Gasteiger partial charge in [-0.1, -0.05) is 30.3 Å². The fourth-order valence-corrected chi connectivity index (χ4v) is 2.35. The van der Waals surface area contributed by atoms with E-state index in [4.69, 9.17) is 28.4 Å². The van der Waals surface area contributed by atoms with Crippen LogP contribution in [0.2, 0.25) is 0 Å². The minimum absolute atomic E-state index is 0.0585. The van der Waals surface area contributed by atoms with Gasteiger partial charge in [-0.3, -0.25) is 4.98 Å². The van der Waals surface area contributed by atoms with Crippen LogP contribution in [-0.4, -0.2) is 29.2 Å². The van der Waals surface area contributed by atoms with Crippen molar-refractivity contribution in [2.45, 2.75) is 13.0 Å². The minimum atomic E-state index is -0.0585. The molecule has 126 valence electrons. The van der Waals surface area contributed by atoms with Gasteiger partial charge in [0.2, 0.25) is 0 Å². The Labute approximate surface area is 146 Å². The van der Waals surface area contributed by atoms with E-state index >= 15 is 0 Å². The van der Waals surface area contributed by atoms with Crippen molar-refractivity contribution in [3.05, 3.63) is 65.5 Å². The van der Waals surface area contributed by atoms with Crippen LogP contribution in [0.1, 0.15) is 16.8 Å². The Morgan fingerprint density at radius 1 is 1.12 bits per heavy atom. The SMILES string of the molecule is NC(N)=NC(=S)NCCOCc1ccccc1Cc1ccccn1. The van der Waals surface area contributed by atoms with E-state index in [2.05, 4.69) is 27.4 Å². The van der Waals surface area contributed by atoms with E-state index in [0.29, 0.717) is 19.8 Å². The lowest BCUT2D eigenvalue weighted by Crippen LogP contribution is -2.30. The fraction of sp³-hybridized carbons (Fsp3) is 0.235. The van der Waals surface area contributed by atoms with Crippen LogP contribution in [0.5, 0.6) is 0 Å². The molecule has 0 atom stereocenters. The first-order valence-corrected chi connectivity index (χ1v) is 7.98. The zero-order valence-electron chi connectivity index (χ0n) is 13.3. The molecule has 5 N–H and O–H groups in total. The lowest BCUT2D eigenvalue weighted by atomic mass is 10.0. The van der Waals surface area contributed by atoms with E-state index in [1.54, 1.807) is 6.20 Å². The highest BCUT2D eigenvalue weighted by atomic mass is 32.1. The summed E-state index contributed by atoms with van der Waals surface area (Å²) < 4.78 is 5.70. The summed E-state index contributed by atoms with van der Waals surface area (Å²) in [5, 5.41) is 3.16. The minimum Gasteiger partial charge on any atom is -0.375 e. The molecule has 0 spiro atoms. The van der Waals surface area contributed by atoms with Crippen molar-refractivity contribution in [2.24, 2.45) is 16.5 Å². The fourth-order valence-electron chi connectivity index (χ4n) is 2.14. The van der Waals surface area contributed by atoms with Crippen LogP contribution in [0.25, 0.3) is 0 Å². The van der Waals surface area contributed by atoms with Gasteiger partial charge in [-0.25, -0.2) is 0 Å². The summed E-state index contributed by atoms with van der Waals surface area (Å²) in [5.41, 5.74) is 13.9. The summed E-state index contributed by atoms with van der Waals surface area (Å²) in [6, 6.07) is 14.1. The van der Waals surface area contributed by atoms with E-state index < -0.39 is 0 Å². The number of hydrogen-bond acceptors (Lipinski definition) is 3. The summed E-state index contributed by atoms with van der Waals surface area (Å²) in [6.07, 6.45) is 2.59. The van der Waals surface area contributed by atoms with Crippen molar-refractivity contribution in [1.29, 1.82) is 0 Å². The quantitative estimate of drug-likeness (QED) is 0.304. The molecule has 0 aliphatic rings. The van der Waals surface area contributed by atoms with Crippen molar-refractivity contribution in [3.63, 3.8) is 0 Å². The summed E-state index contributed by atoms with van der Waals surface area (Å²) >= 11 is 4.95. The second-order valence-corrected chi connectivity index (χ2v) is 5.47. The van der Waals surface area contributed by atoms with E-state index in [9.17, 15) is 0 Å².